The summed E-state index contributed by atoms with van der Waals surface area (Å²) >= 11 is 0. The third-order valence-electron chi connectivity index (χ3n) is 12.8. The minimum atomic E-state index is -1.97. The summed E-state index contributed by atoms with van der Waals surface area (Å²) in [5.41, 5.74) is 6.78. The molecular formula is C46H75NO14. The predicted molar refractivity (Wildman–Crippen MR) is 228 cm³/mol. The number of cyclic esters (lactones) is 1. The van der Waals surface area contributed by atoms with Gasteiger partial charge in [-0.1, -0.05) is 89.1 Å². The van der Waals surface area contributed by atoms with E-state index in [1.54, 1.807) is 52.0 Å². The van der Waals surface area contributed by atoms with E-state index in [9.17, 15) is 35.1 Å². The lowest BCUT2D eigenvalue weighted by atomic mass is 9.77. The number of esters is 1. The second-order valence-corrected chi connectivity index (χ2v) is 17.5. The molecule has 2 saturated heterocycles. The Morgan fingerprint density at radius 1 is 1.10 bits per heavy atom. The van der Waals surface area contributed by atoms with Gasteiger partial charge in [0.1, 0.15) is 12.2 Å². The molecule has 0 saturated carbocycles. The van der Waals surface area contributed by atoms with Gasteiger partial charge in [-0.2, -0.15) is 0 Å². The van der Waals surface area contributed by atoms with Crippen LogP contribution in [0.5, 0.6) is 0 Å². The minimum Gasteiger partial charge on any atom is -0.490 e. The van der Waals surface area contributed by atoms with Crippen LogP contribution in [0, 0.1) is 35.5 Å². The molecule has 61 heavy (non-hydrogen) atoms. The maximum atomic E-state index is 13.9. The van der Waals surface area contributed by atoms with Crippen molar-refractivity contribution >= 4 is 12.1 Å². The Morgan fingerprint density at radius 2 is 1.77 bits per heavy atom. The summed E-state index contributed by atoms with van der Waals surface area (Å²) in [7, 11) is 2.81. The molecule has 0 bridgehead atoms. The number of methoxy groups -OCH3 is 2. The number of rotatable bonds is 11. The van der Waals surface area contributed by atoms with Crippen LogP contribution in [-0.4, -0.2) is 125 Å². The van der Waals surface area contributed by atoms with E-state index in [1.807, 2.05) is 53.7 Å². The van der Waals surface area contributed by atoms with Crippen LogP contribution in [0.3, 0.4) is 0 Å². The predicted octanol–water partition coefficient (Wildman–Crippen LogP) is 4.98. The normalized spacial score (nSPS) is 42.2. The number of aliphatic hydroxyl groups excluding tert-OH is 4. The third kappa shape index (κ3) is 13.7. The number of allylic oxidation sites excluding steroid dienone is 6. The van der Waals surface area contributed by atoms with Gasteiger partial charge in [-0.25, -0.2) is 9.59 Å². The molecular weight excluding hydrogens is 790 g/mol. The molecule has 3 aliphatic rings. The lowest BCUT2D eigenvalue weighted by Crippen LogP contribution is -2.59. The number of nitrogens with two attached hydrogens (primary N) is 1. The molecule has 3 aliphatic heterocycles. The van der Waals surface area contributed by atoms with Gasteiger partial charge in [0.15, 0.2) is 18.2 Å². The Balaban J connectivity index is 2.00. The highest BCUT2D eigenvalue weighted by Crippen LogP contribution is 2.42. The molecule has 0 aromatic heterocycles. The van der Waals surface area contributed by atoms with Crippen LogP contribution in [0.25, 0.3) is 0 Å². The topological polar surface area (TPSA) is 226 Å². The van der Waals surface area contributed by atoms with Crippen molar-refractivity contribution < 1.29 is 68.3 Å². The fraction of sp³-hybridized carbons (Fsp3) is 0.739. The Kier molecular flexibility index (Phi) is 20.1. The first kappa shape index (κ1) is 52.2. The fourth-order valence-corrected chi connectivity index (χ4v) is 8.94. The van der Waals surface area contributed by atoms with Crippen molar-refractivity contribution in [2.75, 3.05) is 14.2 Å². The molecule has 18 atom stereocenters. The number of aliphatic hydroxyl groups is 5. The zero-order valence-corrected chi connectivity index (χ0v) is 38.2. The quantitative estimate of drug-likeness (QED) is 0.119. The van der Waals surface area contributed by atoms with E-state index in [0.29, 0.717) is 18.4 Å². The van der Waals surface area contributed by atoms with Crippen LogP contribution in [0.1, 0.15) is 94.9 Å². The summed E-state index contributed by atoms with van der Waals surface area (Å²) in [4.78, 5) is 25.4. The van der Waals surface area contributed by atoms with E-state index in [0.717, 1.165) is 5.57 Å². The highest BCUT2D eigenvalue weighted by atomic mass is 16.7. The van der Waals surface area contributed by atoms with E-state index in [-0.39, 0.29) is 42.3 Å². The van der Waals surface area contributed by atoms with Gasteiger partial charge >= 0.3 is 12.1 Å². The maximum absolute atomic E-state index is 13.9. The van der Waals surface area contributed by atoms with Gasteiger partial charge < -0.3 is 64.4 Å². The van der Waals surface area contributed by atoms with Gasteiger partial charge in [0.05, 0.1) is 49.8 Å². The van der Waals surface area contributed by atoms with Gasteiger partial charge in [0.25, 0.3) is 0 Å². The molecule has 2 fully saturated rings. The molecule has 0 aliphatic carbocycles. The molecule has 0 aromatic rings. The van der Waals surface area contributed by atoms with Crippen LogP contribution < -0.4 is 5.73 Å². The Hall–Kier alpha value is -3.12. The molecule has 0 spiro atoms. The standard InChI is InChI=1S/C46H75NO14/c1-13-16-34-28(7)37(58-38-22-33(48)43(31(10)57-38)60-45(47)53)23-46(54,61-34)30(9)41(51)29(8)42-35(55-11)18-15-17-24(3)19-26(5)39(49)32(14-2)40(50)27(6)20-25(4)21-36(56-12)44(52)59-42/h13,15-18,20-21,26-35,37-43,48-51,54H,14,19,22-23H2,1-12H3,(H2,47,53)/b16-13+,18-15-,24-17-,25-20-,36-21+/t26-,27-,28-,29?,30+,31-,32+,33-,34-,35+,37-,38-,39+,40-,41-,42-,43-,46-/m1/s1. The van der Waals surface area contributed by atoms with Crippen LogP contribution in [0.4, 0.5) is 4.79 Å². The van der Waals surface area contributed by atoms with Gasteiger partial charge in [-0.05, 0) is 52.5 Å². The second-order valence-electron chi connectivity index (χ2n) is 17.5. The summed E-state index contributed by atoms with van der Waals surface area (Å²) in [5, 5.41) is 58.0. The average molecular weight is 866 g/mol. The molecule has 7 N–H and O–H groups in total. The summed E-state index contributed by atoms with van der Waals surface area (Å²) in [6.07, 6.45) is 2.20. The third-order valence-corrected chi connectivity index (χ3v) is 12.8. The summed E-state index contributed by atoms with van der Waals surface area (Å²) < 4.78 is 41.4. The summed E-state index contributed by atoms with van der Waals surface area (Å²) in [5.74, 6) is -6.00. The van der Waals surface area contributed by atoms with Gasteiger partial charge in [0, 0.05) is 49.5 Å². The van der Waals surface area contributed by atoms with Gasteiger partial charge in [-0.15, -0.1) is 0 Å². The first-order valence-corrected chi connectivity index (χ1v) is 21.7. The van der Waals surface area contributed by atoms with Crippen molar-refractivity contribution in [3.05, 3.63) is 59.4 Å². The smallest absolute Gasteiger partial charge is 0.404 e. The molecule has 15 heteroatoms. The monoisotopic (exact) mass is 866 g/mol. The zero-order valence-electron chi connectivity index (χ0n) is 38.2. The molecule has 3 rings (SSSR count). The number of hydrogen-bond donors (Lipinski definition) is 6. The van der Waals surface area contributed by atoms with Crippen LogP contribution in [0.2, 0.25) is 0 Å². The molecule has 0 aromatic carbocycles. The number of carbonyl (C=O) groups is 2. The van der Waals surface area contributed by atoms with Crippen molar-refractivity contribution in [2.45, 2.75) is 168 Å². The van der Waals surface area contributed by atoms with E-state index >= 15 is 0 Å². The van der Waals surface area contributed by atoms with E-state index in [2.05, 4.69) is 0 Å². The highest BCUT2D eigenvalue weighted by Gasteiger charge is 2.52. The lowest BCUT2D eigenvalue weighted by molar-refractivity contribution is -0.338. The fourth-order valence-electron chi connectivity index (χ4n) is 8.94. The van der Waals surface area contributed by atoms with E-state index in [1.165, 1.54) is 20.3 Å². The maximum Gasteiger partial charge on any atom is 0.404 e. The molecule has 1 amide bonds. The molecule has 348 valence electrons. The van der Waals surface area contributed by atoms with Gasteiger partial charge in [0.2, 0.25) is 5.76 Å². The molecule has 1 unspecified atom stereocenters. The van der Waals surface area contributed by atoms with Crippen LogP contribution in [-0.2, 0) is 38.0 Å². The van der Waals surface area contributed by atoms with Crippen molar-refractivity contribution in [3.8, 4) is 0 Å². The van der Waals surface area contributed by atoms with Crippen molar-refractivity contribution in [1.82, 2.24) is 0 Å². The number of carbonyl (C=O) groups excluding carboxylic acids is 2. The average Bonchev–Trinajstić information content (AvgIpc) is 3.19. The first-order chi connectivity index (χ1) is 28.6. The van der Waals surface area contributed by atoms with E-state index < -0.39 is 97.0 Å². The number of primary amides is 1. The number of amides is 1. The van der Waals surface area contributed by atoms with Crippen molar-refractivity contribution in [1.29, 1.82) is 0 Å². The van der Waals surface area contributed by atoms with Crippen molar-refractivity contribution in [2.24, 2.45) is 41.2 Å². The zero-order chi connectivity index (χ0) is 45.9. The van der Waals surface area contributed by atoms with Crippen LogP contribution >= 0.6 is 0 Å². The SMILES string of the molecule is C/C=C/[C@H]1O[C@@](O)([C@@H](C)[C@H](O)C(C)[C@H]2OC(=O)/C(OC)=C\C(C)=C/[C@@H](C)[C@@H](O)[C@@H](CC)[C@@H](O)[C@H](C)C/C(C)=C\C=C/[C@@H]2OC)C[C@@H](O[C@@H]2C[C@@H](O)[C@H](OC(N)=O)[C@@H](C)O2)[C@@H]1C. The summed E-state index contributed by atoms with van der Waals surface area (Å²) in [6.45, 7) is 18.2. The summed E-state index contributed by atoms with van der Waals surface area (Å²) in [6, 6.07) is 0. The minimum absolute atomic E-state index is 0.0313. The van der Waals surface area contributed by atoms with Crippen molar-refractivity contribution in [3.63, 3.8) is 0 Å². The molecule has 0 radical (unpaired) electrons. The second kappa shape index (κ2) is 23.5. The van der Waals surface area contributed by atoms with Gasteiger partial charge in [-0.3, -0.25) is 0 Å². The molecule has 15 nitrogen and oxygen atoms in total. The Morgan fingerprint density at radius 3 is 2.34 bits per heavy atom. The Bertz CT molecular complexity index is 1570. The number of ether oxygens (including phenoxy) is 7. The first-order valence-electron chi connectivity index (χ1n) is 21.7. The highest BCUT2D eigenvalue weighted by molar-refractivity contribution is 5.87. The van der Waals surface area contributed by atoms with E-state index in [4.69, 9.17) is 38.9 Å². The number of hydrogen-bond acceptors (Lipinski definition) is 14. The Labute approximate surface area is 362 Å². The lowest BCUT2D eigenvalue weighted by Gasteiger charge is -2.49. The van der Waals surface area contributed by atoms with Crippen LogP contribution in [0.15, 0.2) is 59.4 Å². The largest absolute Gasteiger partial charge is 0.490 e. The molecule has 3 heterocycles.